The molecule has 6 rings (SSSR count). The van der Waals surface area contributed by atoms with E-state index in [1.807, 2.05) is 12.0 Å². The molecule has 6 aliphatic rings. The van der Waals surface area contributed by atoms with Gasteiger partial charge in [-0.1, -0.05) is 17.7 Å². The zero-order valence-corrected chi connectivity index (χ0v) is 26.8. The van der Waals surface area contributed by atoms with Gasteiger partial charge in [0.05, 0.1) is 17.9 Å². The number of hydrogen-bond donors (Lipinski definition) is 0. The first-order chi connectivity index (χ1) is 22.1. The minimum Gasteiger partial charge on any atom is -0.354 e. The van der Waals surface area contributed by atoms with Crippen molar-refractivity contribution in [2.75, 3.05) is 6.54 Å². The zero-order chi connectivity index (χ0) is 34.3. The lowest BCUT2D eigenvalue weighted by atomic mass is 8.57. The number of imide groups is 1. The largest absolute Gasteiger partial charge is 0.354 e. The Morgan fingerprint density at radius 3 is 1.81 bits per heavy atom. The number of likely N-dealkylation sites (tertiary alicyclic amines) is 1. The standard InChI is InChI=1S/C22H21B20NO4/c1-2-43-18(44)16-15-5-6-22(47-15,17(16)19(43)45)20(46)21(7-12-3-4-12,8-13-10-33(13)41(37(27)28)39(31)35(23)24)9-14-11-34(14)42(38(29)30)40(32)36(25)26/h3,5-6,10-11,15-17H,2,4,7-9H2,1H3. The van der Waals surface area contributed by atoms with Gasteiger partial charge in [-0.25, -0.2) is 0 Å². The molecule has 20 radical (unpaired) electrons. The number of ketones is 1. The molecule has 4 atom stereocenters. The second-order valence-corrected chi connectivity index (χ2v) is 14.5. The molecule has 5 heterocycles. The van der Waals surface area contributed by atoms with E-state index in [1.54, 1.807) is 19.1 Å². The molecule has 2 fully saturated rings. The van der Waals surface area contributed by atoms with Crippen LogP contribution in [0.2, 0.25) is 0 Å². The van der Waals surface area contributed by atoms with Gasteiger partial charge >= 0.3 is 0 Å². The molecule has 25 heteroatoms. The lowest BCUT2D eigenvalue weighted by Gasteiger charge is -2.40. The summed E-state index contributed by atoms with van der Waals surface area (Å²) < 4.78 is 6.43. The first-order valence-electron chi connectivity index (χ1n) is 16.5. The summed E-state index contributed by atoms with van der Waals surface area (Å²) >= 11 is 0. The molecular formula is C22H21B20NO4. The summed E-state index contributed by atoms with van der Waals surface area (Å²) in [7, 11) is 61.3. The van der Waals surface area contributed by atoms with Crippen LogP contribution in [0.25, 0.3) is 0 Å². The maximum atomic E-state index is 15.5. The van der Waals surface area contributed by atoms with Crippen LogP contribution in [0.3, 0.4) is 0 Å². The van der Waals surface area contributed by atoms with Crippen LogP contribution in [0.5, 0.6) is 0 Å². The van der Waals surface area contributed by atoms with Gasteiger partial charge in [-0.3, -0.25) is 19.3 Å². The number of nitrogens with zero attached hydrogens (tertiary/aromatic N) is 1. The van der Waals surface area contributed by atoms with Crippen molar-refractivity contribution in [1.29, 1.82) is 0 Å². The highest BCUT2D eigenvalue weighted by Crippen LogP contribution is 2.58. The normalized spacial score (nSPS) is 25.9. The average molecular weight is 580 g/mol. The second kappa shape index (κ2) is 13.0. The van der Waals surface area contributed by atoms with E-state index in [0.717, 1.165) is 22.9 Å². The van der Waals surface area contributed by atoms with Gasteiger partial charge in [-0.15, -0.1) is 22.9 Å². The van der Waals surface area contributed by atoms with Crippen LogP contribution in [0.15, 0.2) is 46.7 Å². The SMILES string of the molecule is [B]B([B])B([B])B(B([B])[B])B1C=C1CC(CC1=CC1)(CC1=CB1B(B([B])[B])B([B])B([B])[B])C(=O)C12C=CC(O1)C1C(=O)N(CC)C(=O)C12. The number of allylic oxidation sites excluding steroid dienone is 4. The number of fused-ring (bicyclic) bond motifs is 5. The molecule has 2 bridgehead atoms. The summed E-state index contributed by atoms with van der Waals surface area (Å²) in [5.74, 6) is 1.39. The molecule has 5 aliphatic heterocycles. The average Bonchev–Trinajstić information content (AvgIpc) is 3.96. The van der Waals surface area contributed by atoms with Crippen molar-refractivity contribution >= 4 is 159 Å². The van der Waals surface area contributed by atoms with Crippen molar-refractivity contribution < 1.29 is 19.1 Å². The Kier molecular flexibility index (Phi) is 9.89. The van der Waals surface area contributed by atoms with Crippen molar-refractivity contribution in [3.63, 3.8) is 0 Å². The minimum atomic E-state index is -1.60. The number of hydrogen-bond acceptors (Lipinski definition) is 4. The smallest absolute Gasteiger partial charge is 0.236 e. The molecule has 47 heavy (non-hydrogen) atoms. The summed E-state index contributed by atoms with van der Waals surface area (Å²) in [4.78, 5) is 43.8. The number of carbonyl (C=O) groups is 3. The van der Waals surface area contributed by atoms with Gasteiger partial charge in [0.1, 0.15) is 13.2 Å². The van der Waals surface area contributed by atoms with E-state index in [0.29, 0.717) is 19.3 Å². The third-order valence-corrected chi connectivity index (χ3v) is 11.3. The van der Waals surface area contributed by atoms with Crippen LogP contribution >= 0.6 is 0 Å². The van der Waals surface area contributed by atoms with E-state index in [1.165, 1.54) is 4.90 Å². The summed E-state index contributed by atoms with van der Waals surface area (Å²) in [6.07, 6.45) is 1.08. The van der Waals surface area contributed by atoms with Crippen LogP contribution in [0.4, 0.5) is 0 Å². The molecule has 0 spiro atoms. The first-order valence-corrected chi connectivity index (χ1v) is 16.5. The molecule has 2 saturated heterocycles. The summed E-state index contributed by atoms with van der Waals surface area (Å²) in [5.41, 5.74) is 0.317. The van der Waals surface area contributed by atoms with Crippen LogP contribution in [0, 0.1) is 17.3 Å². The molecule has 2 amide bonds. The molecule has 0 aromatic carbocycles. The summed E-state index contributed by atoms with van der Waals surface area (Å²) in [6.45, 7) is 1.53. The number of amides is 2. The second-order valence-electron chi connectivity index (χ2n) is 14.5. The third kappa shape index (κ3) is 6.19. The highest BCUT2D eigenvalue weighted by atomic mass is 16.5. The van der Waals surface area contributed by atoms with Gasteiger partial charge < -0.3 is 4.74 Å². The first kappa shape index (κ1) is 35.8. The van der Waals surface area contributed by atoms with Crippen LogP contribution in [0.1, 0.15) is 32.6 Å². The van der Waals surface area contributed by atoms with Gasteiger partial charge in [0, 0.05) is 140 Å². The molecular weight excluding hydrogens is 558 g/mol. The van der Waals surface area contributed by atoms with Crippen LogP contribution in [-0.2, 0) is 19.1 Å². The van der Waals surface area contributed by atoms with E-state index in [9.17, 15) is 9.59 Å². The van der Waals surface area contributed by atoms with Crippen molar-refractivity contribution in [3.8, 4) is 0 Å². The molecule has 4 unspecified atom stereocenters. The highest BCUT2D eigenvalue weighted by Gasteiger charge is 2.72. The van der Waals surface area contributed by atoms with E-state index < -0.39 is 80.0 Å². The van der Waals surface area contributed by atoms with Gasteiger partial charge in [-0.05, 0) is 38.7 Å². The predicted molar refractivity (Wildman–Crippen MR) is 211 cm³/mol. The molecule has 0 aromatic rings. The van der Waals surface area contributed by atoms with Gasteiger partial charge in [0.2, 0.25) is 11.8 Å². The maximum absolute atomic E-state index is 15.5. The molecule has 0 aromatic heterocycles. The van der Waals surface area contributed by atoms with Crippen molar-refractivity contribution in [2.45, 2.75) is 44.3 Å². The Morgan fingerprint density at radius 1 is 0.872 bits per heavy atom. The fourth-order valence-electron chi connectivity index (χ4n) is 8.72. The lowest BCUT2D eigenvalue weighted by Crippen LogP contribution is -2.64. The van der Waals surface area contributed by atoms with Gasteiger partial charge in [0.25, 0.3) is 0 Å². The molecule has 5 nitrogen and oxygen atoms in total. The van der Waals surface area contributed by atoms with Gasteiger partial charge in [0.15, 0.2) is 11.4 Å². The van der Waals surface area contributed by atoms with Crippen LogP contribution < -0.4 is 0 Å². The highest BCUT2D eigenvalue weighted by molar-refractivity contribution is 8.02. The Balaban J connectivity index is 1.37. The molecule has 0 N–H and O–H groups in total. The molecule has 198 valence electrons. The number of rotatable bonds is 17. The van der Waals surface area contributed by atoms with E-state index in [2.05, 4.69) is 6.08 Å². The Hall–Kier alpha value is -0.971. The summed E-state index contributed by atoms with van der Waals surface area (Å²) in [5, 5.41) is 0. The maximum Gasteiger partial charge on any atom is 0.236 e. The van der Waals surface area contributed by atoms with E-state index >= 15 is 4.79 Å². The fraction of sp³-hybridized carbons (Fsp3) is 0.500. The van der Waals surface area contributed by atoms with Crippen LogP contribution in [-0.4, -0.2) is 182 Å². The quantitative estimate of drug-likeness (QED) is 0.0982. The van der Waals surface area contributed by atoms with E-state index in [-0.39, 0.29) is 37.3 Å². The van der Waals surface area contributed by atoms with E-state index in [4.69, 9.17) is 82.1 Å². The predicted octanol–water partition coefficient (Wildman–Crippen LogP) is -5.37. The third-order valence-electron chi connectivity index (χ3n) is 11.3. The minimum absolute atomic E-state index is 0.218. The Labute approximate surface area is 296 Å². The summed E-state index contributed by atoms with van der Waals surface area (Å²) in [6, 6.07) is 0. The Bertz CT molecular complexity index is 1420. The van der Waals surface area contributed by atoms with Gasteiger partial charge in [-0.2, -0.15) is 0 Å². The zero-order valence-electron chi connectivity index (χ0n) is 26.8. The van der Waals surface area contributed by atoms with Crippen molar-refractivity contribution in [3.05, 3.63) is 46.7 Å². The number of Topliss-reactive ketones (excluding diaryl/α,β-unsaturated/α-hetero) is 1. The van der Waals surface area contributed by atoms with Crippen molar-refractivity contribution in [1.82, 2.24) is 4.90 Å². The lowest BCUT2D eigenvalue weighted by molar-refractivity contribution is -0.155. The topological polar surface area (TPSA) is 63.7 Å². The fourth-order valence-corrected chi connectivity index (χ4v) is 8.72. The number of carbonyl (C=O) groups excluding carboxylic acids is 3. The number of ether oxygens (including phenoxy) is 1. The molecule has 1 aliphatic carbocycles. The molecule has 0 saturated carbocycles. The van der Waals surface area contributed by atoms with Crippen molar-refractivity contribution in [2.24, 2.45) is 17.3 Å². The monoisotopic (exact) mass is 583 g/mol. The Morgan fingerprint density at radius 2 is 1.38 bits per heavy atom.